The monoisotopic (exact) mass is 622 g/mol. The van der Waals surface area contributed by atoms with Gasteiger partial charge in [0.1, 0.15) is 0 Å². The van der Waals surface area contributed by atoms with Crippen LogP contribution in [0.2, 0.25) is 0 Å². The van der Waals surface area contributed by atoms with Crippen LogP contribution in [0.1, 0.15) is 83.1 Å². The zero-order valence-electron chi connectivity index (χ0n) is 23.2. The van der Waals surface area contributed by atoms with Gasteiger partial charge in [-0.1, -0.05) is 83.1 Å². The maximum Gasteiger partial charge on any atom is 3.00 e. The molecular formula is C24H54Mo2N6. The molecule has 8 heteroatoms. The van der Waals surface area contributed by atoms with Crippen LogP contribution in [0.15, 0.2) is 0 Å². The van der Waals surface area contributed by atoms with Crippen LogP contribution in [0.3, 0.4) is 0 Å². The summed E-state index contributed by atoms with van der Waals surface area (Å²) in [5.74, 6) is 0. The van der Waals surface area contributed by atoms with E-state index in [1.165, 1.54) is 0 Å². The Morgan fingerprint density at radius 1 is 0.281 bits per heavy atom. The third kappa shape index (κ3) is 57.7. The fourth-order valence-corrected chi connectivity index (χ4v) is 1.90. The molecule has 0 heterocycles. The summed E-state index contributed by atoms with van der Waals surface area (Å²) in [4.78, 5) is 0. The van der Waals surface area contributed by atoms with Crippen molar-refractivity contribution in [3.63, 3.8) is 0 Å². The van der Waals surface area contributed by atoms with Gasteiger partial charge in [0, 0.05) is 0 Å². The molecule has 0 rings (SSSR count). The van der Waals surface area contributed by atoms with Gasteiger partial charge in [-0.25, -0.2) is 0 Å². The van der Waals surface area contributed by atoms with Crippen LogP contribution >= 0.6 is 0 Å². The van der Waals surface area contributed by atoms with Gasteiger partial charge in [0.25, 0.3) is 0 Å². The zero-order chi connectivity index (χ0) is 23.9. The maximum atomic E-state index is 4.30. The predicted molar refractivity (Wildman–Crippen MR) is 140 cm³/mol. The quantitative estimate of drug-likeness (QED) is 0.133. The van der Waals surface area contributed by atoms with Crippen molar-refractivity contribution in [3.05, 3.63) is 31.9 Å². The van der Waals surface area contributed by atoms with Crippen LogP contribution < -0.4 is 0 Å². The number of hydrogen-bond donors (Lipinski definition) is 0. The van der Waals surface area contributed by atoms with E-state index in [9.17, 15) is 0 Å². The van der Waals surface area contributed by atoms with Gasteiger partial charge in [0.2, 0.25) is 0 Å². The molecule has 2 radical (unpaired) electrons. The smallest absolute Gasteiger partial charge is 0.661 e. The average Bonchev–Trinajstić information content (AvgIpc) is 2.60. The van der Waals surface area contributed by atoms with E-state index in [2.05, 4.69) is 115 Å². The molecule has 0 aromatic heterocycles. The number of rotatable bonds is 15. The van der Waals surface area contributed by atoms with Gasteiger partial charge in [-0.2, -0.15) is 39.3 Å². The zero-order valence-corrected chi connectivity index (χ0v) is 27.2. The molecule has 0 spiro atoms. The largest absolute Gasteiger partial charge is 3.00 e. The van der Waals surface area contributed by atoms with E-state index in [-0.39, 0.29) is 42.1 Å². The standard InChI is InChI=1S/3C8H18N2.2Mo/c3*1-7(2)9-5-6-10-8(3)4;;/h3*7-8H,5-6H2,1-4H3;;/q3*-2;2*+3. The molecule has 6 nitrogen and oxygen atoms in total. The van der Waals surface area contributed by atoms with Crippen molar-refractivity contribution >= 4 is 0 Å². The second kappa shape index (κ2) is 32.1. The van der Waals surface area contributed by atoms with Gasteiger partial charge < -0.3 is 31.9 Å². The second-order valence-electron chi connectivity index (χ2n) is 9.00. The summed E-state index contributed by atoms with van der Waals surface area (Å²) in [6.07, 6.45) is 0. The molecule has 0 aromatic rings. The fraction of sp³-hybridized carbons (Fsp3) is 1.00. The van der Waals surface area contributed by atoms with E-state index in [4.69, 9.17) is 0 Å². The molecule has 0 bridgehead atoms. The Labute approximate surface area is 231 Å². The van der Waals surface area contributed by atoms with Gasteiger partial charge in [-0.05, 0) is 0 Å². The van der Waals surface area contributed by atoms with Crippen molar-refractivity contribution in [1.29, 1.82) is 0 Å². The van der Waals surface area contributed by atoms with Crippen LogP contribution in [-0.2, 0) is 42.1 Å². The van der Waals surface area contributed by atoms with E-state index in [0.29, 0.717) is 36.3 Å². The minimum Gasteiger partial charge on any atom is -0.661 e. The van der Waals surface area contributed by atoms with Crippen molar-refractivity contribution in [1.82, 2.24) is 0 Å². The summed E-state index contributed by atoms with van der Waals surface area (Å²) in [6.45, 7) is 30.4. The molecular weight excluding hydrogens is 564 g/mol. The molecule has 0 N–H and O–H groups in total. The Morgan fingerprint density at radius 2 is 0.375 bits per heavy atom. The van der Waals surface area contributed by atoms with Gasteiger partial charge in [-0.15, -0.1) is 36.3 Å². The summed E-state index contributed by atoms with van der Waals surface area (Å²) in [5.41, 5.74) is 0. The Balaban J connectivity index is -0.000000110. The molecule has 0 saturated heterocycles. The summed E-state index contributed by atoms with van der Waals surface area (Å²) >= 11 is 0. The minimum atomic E-state index is 0. The minimum absolute atomic E-state index is 0. The summed E-state index contributed by atoms with van der Waals surface area (Å²) in [6, 6.07) is 2.76. The summed E-state index contributed by atoms with van der Waals surface area (Å²) in [5, 5.41) is 25.8. The van der Waals surface area contributed by atoms with Crippen molar-refractivity contribution in [2.75, 3.05) is 39.3 Å². The molecule has 0 atom stereocenters. The Morgan fingerprint density at radius 3 is 0.438 bits per heavy atom. The van der Waals surface area contributed by atoms with E-state index >= 15 is 0 Å². The molecule has 0 amide bonds. The molecule has 0 fully saturated rings. The van der Waals surface area contributed by atoms with Crippen molar-refractivity contribution < 1.29 is 42.1 Å². The van der Waals surface area contributed by atoms with Crippen LogP contribution in [0.25, 0.3) is 31.9 Å². The predicted octanol–water partition coefficient (Wildman–Crippen LogP) is 7.65. The first-order valence-electron chi connectivity index (χ1n) is 11.9. The van der Waals surface area contributed by atoms with Crippen molar-refractivity contribution in [3.8, 4) is 0 Å². The summed E-state index contributed by atoms with van der Waals surface area (Å²) in [7, 11) is 0. The molecule has 0 aliphatic heterocycles. The first kappa shape index (κ1) is 43.2. The molecule has 0 aromatic carbocycles. The Hall–Kier alpha value is 1.14. The third-order valence-corrected chi connectivity index (χ3v) is 3.27. The molecule has 32 heavy (non-hydrogen) atoms. The van der Waals surface area contributed by atoms with Crippen molar-refractivity contribution in [2.24, 2.45) is 0 Å². The first-order chi connectivity index (χ1) is 13.9. The maximum absolute atomic E-state index is 4.30. The van der Waals surface area contributed by atoms with Gasteiger partial charge in [-0.3, -0.25) is 0 Å². The second-order valence-corrected chi connectivity index (χ2v) is 9.00. The SMILES string of the molecule is CC(C)[N-]CC[N-]C(C)C.CC(C)[N-]CC[N-]C(C)C.CC(C)[N-]CC[N-]C(C)C.[Mo+3].[Mo+3]. The van der Waals surface area contributed by atoms with Crippen LogP contribution in [-0.4, -0.2) is 75.5 Å². The topological polar surface area (TPSA) is 84.6 Å². The van der Waals surface area contributed by atoms with Crippen LogP contribution in [0, 0.1) is 0 Å². The van der Waals surface area contributed by atoms with E-state index in [1.807, 2.05) is 0 Å². The van der Waals surface area contributed by atoms with Crippen molar-refractivity contribution in [2.45, 2.75) is 119 Å². The Kier molecular flexibility index (Phi) is 43.4. The van der Waals surface area contributed by atoms with E-state index < -0.39 is 0 Å². The van der Waals surface area contributed by atoms with Crippen LogP contribution in [0.4, 0.5) is 0 Å². The molecule has 0 aliphatic rings. The molecule has 0 aliphatic carbocycles. The molecule has 0 unspecified atom stereocenters. The molecule has 0 saturated carbocycles. The fourth-order valence-electron chi connectivity index (χ4n) is 1.90. The molecule has 192 valence electrons. The third-order valence-electron chi connectivity index (χ3n) is 3.27. The number of hydrogen-bond acceptors (Lipinski definition) is 0. The first-order valence-corrected chi connectivity index (χ1v) is 11.9. The average molecular weight is 619 g/mol. The Bertz CT molecular complexity index is 237. The number of nitrogens with zero attached hydrogens (tertiary/aromatic N) is 6. The summed E-state index contributed by atoms with van der Waals surface area (Å²) < 4.78 is 0. The normalized spacial score (nSPS) is 10.7. The van der Waals surface area contributed by atoms with Gasteiger partial charge in [0.15, 0.2) is 0 Å². The van der Waals surface area contributed by atoms with E-state index in [1.54, 1.807) is 0 Å². The van der Waals surface area contributed by atoms with E-state index in [0.717, 1.165) is 39.3 Å². The van der Waals surface area contributed by atoms with Gasteiger partial charge in [0.05, 0.1) is 0 Å². The van der Waals surface area contributed by atoms with Crippen LogP contribution in [0.5, 0.6) is 0 Å². The van der Waals surface area contributed by atoms with Gasteiger partial charge >= 0.3 is 42.1 Å².